The number of ether oxygens (including phenoxy) is 1. The molecule has 0 radical (unpaired) electrons. The summed E-state index contributed by atoms with van der Waals surface area (Å²) in [5, 5.41) is 6.24. The summed E-state index contributed by atoms with van der Waals surface area (Å²) in [7, 11) is 0. The highest BCUT2D eigenvalue weighted by Gasteiger charge is 2.72. The van der Waals surface area contributed by atoms with Gasteiger partial charge in [-0.1, -0.05) is 59.0 Å². The molecule has 2 aliphatic carbocycles. The number of benzene rings is 1. The fourth-order valence-corrected chi connectivity index (χ4v) is 7.45. The molecule has 3 amide bonds. The van der Waals surface area contributed by atoms with Gasteiger partial charge in [0, 0.05) is 22.7 Å². The molecule has 202 valence electrons. The van der Waals surface area contributed by atoms with E-state index in [1.165, 1.54) is 24.8 Å². The van der Waals surface area contributed by atoms with Gasteiger partial charge in [-0.3, -0.25) is 14.4 Å². The molecule has 1 saturated carbocycles. The van der Waals surface area contributed by atoms with Crippen molar-refractivity contribution in [3.05, 3.63) is 52.5 Å². The van der Waals surface area contributed by atoms with Gasteiger partial charge in [-0.05, 0) is 69.2 Å². The number of anilines is 1. The van der Waals surface area contributed by atoms with E-state index >= 15 is 0 Å². The third-order valence-electron chi connectivity index (χ3n) is 9.05. The number of likely N-dealkylation sites (tertiary alicyclic amines) is 1. The first-order valence-electron chi connectivity index (χ1n) is 14.2. The highest BCUT2D eigenvalue weighted by Crippen LogP contribution is 2.55. The second kappa shape index (κ2) is 10.6. The Morgan fingerprint density at radius 1 is 1.05 bits per heavy atom. The molecule has 3 aliphatic heterocycles. The molecule has 2 N–H and O–H groups in total. The Kier molecular flexibility index (Phi) is 7.20. The highest BCUT2D eigenvalue weighted by molar-refractivity contribution is 9.10. The number of halogens is 1. The zero-order valence-electron chi connectivity index (χ0n) is 21.7. The fourth-order valence-electron chi connectivity index (χ4n) is 7.19. The minimum Gasteiger partial charge on any atom is -0.359 e. The minimum absolute atomic E-state index is 0.129. The largest absolute Gasteiger partial charge is 0.359 e. The molecule has 3 fully saturated rings. The number of nitrogens with one attached hydrogen (secondary N) is 2. The van der Waals surface area contributed by atoms with Gasteiger partial charge in [0.1, 0.15) is 11.6 Å². The Balaban J connectivity index is 1.27. The Labute approximate surface area is 232 Å². The van der Waals surface area contributed by atoms with Crippen molar-refractivity contribution in [2.24, 2.45) is 11.8 Å². The Hall–Kier alpha value is -2.45. The molecular weight excluding hydrogens is 546 g/mol. The summed E-state index contributed by atoms with van der Waals surface area (Å²) in [5.41, 5.74) is 0.913. The maximum absolute atomic E-state index is 14.1. The van der Waals surface area contributed by atoms with Crippen molar-refractivity contribution < 1.29 is 19.1 Å². The van der Waals surface area contributed by atoms with E-state index in [2.05, 4.69) is 32.6 Å². The van der Waals surface area contributed by atoms with Crippen LogP contribution in [0.2, 0.25) is 0 Å². The number of allylic oxidation sites excluding steroid dienone is 1. The number of hydrogen-bond donors (Lipinski definition) is 2. The number of carbonyl (C=O) groups excluding carboxylic acids is 3. The quantitative estimate of drug-likeness (QED) is 0.449. The van der Waals surface area contributed by atoms with Crippen molar-refractivity contribution in [1.29, 1.82) is 0 Å². The summed E-state index contributed by atoms with van der Waals surface area (Å²) >= 11 is 3.42. The number of hydrogen-bond acceptors (Lipinski definition) is 4. The van der Waals surface area contributed by atoms with E-state index in [1.54, 1.807) is 4.90 Å². The van der Waals surface area contributed by atoms with Gasteiger partial charge in [-0.25, -0.2) is 0 Å². The van der Waals surface area contributed by atoms with E-state index in [0.717, 1.165) is 49.4 Å². The molecular formula is C30H36BrN3O4. The Morgan fingerprint density at radius 3 is 2.58 bits per heavy atom. The van der Waals surface area contributed by atoms with Gasteiger partial charge in [0.25, 0.3) is 0 Å². The summed E-state index contributed by atoms with van der Waals surface area (Å²) in [6.45, 7) is 0.467. The van der Waals surface area contributed by atoms with Crippen LogP contribution in [-0.4, -0.2) is 53.0 Å². The maximum Gasteiger partial charge on any atom is 0.246 e. The van der Waals surface area contributed by atoms with Crippen molar-refractivity contribution in [3.63, 3.8) is 0 Å². The molecule has 1 aromatic carbocycles. The van der Waals surface area contributed by atoms with Crippen LogP contribution in [0.25, 0.3) is 0 Å². The fraction of sp³-hybridized carbons (Fsp3) is 0.567. The van der Waals surface area contributed by atoms with E-state index in [-0.39, 0.29) is 23.8 Å². The zero-order valence-corrected chi connectivity index (χ0v) is 23.3. The van der Waals surface area contributed by atoms with Gasteiger partial charge in [-0.2, -0.15) is 0 Å². The minimum atomic E-state index is -1.11. The van der Waals surface area contributed by atoms with Crippen LogP contribution < -0.4 is 10.6 Å². The lowest BCUT2D eigenvalue weighted by molar-refractivity contribution is -0.141. The smallest absolute Gasteiger partial charge is 0.246 e. The number of carbonyl (C=O) groups is 3. The Bertz CT molecular complexity index is 1160. The lowest BCUT2D eigenvalue weighted by atomic mass is 9.74. The van der Waals surface area contributed by atoms with E-state index in [9.17, 15) is 14.4 Å². The lowest BCUT2D eigenvalue weighted by Crippen LogP contribution is -2.56. The summed E-state index contributed by atoms with van der Waals surface area (Å²) in [6.07, 6.45) is 16.1. The second-order valence-corrected chi connectivity index (χ2v) is 12.3. The molecule has 2 saturated heterocycles. The predicted octanol–water partition coefficient (Wildman–Crippen LogP) is 4.88. The molecule has 1 aromatic rings. The third kappa shape index (κ3) is 4.64. The van der Waals surface area contributed by atoms with Crippen molar-refractivity contribution in [2.75, 3.05) is 11.9 Å². The number of rotatable bonds is 7. The molecule has 6 rings (SSSR count). The van der Waals surface area contributed by atoms with E-state index in [0.29, 0.717) is 12.2 Å². The summed E-state index contributed by atoms with van der Waals surface area (Å²) in [6, 6.07) is 6.73. The first kappa shape index (κ1) is 25.8. The molecule has 5 atom stereocenters. The highest BCUT2D eigenvalue weighted by atomic mass is 79.9. The molecule has 3 heterocycles. The Morgan fingerprint density at radius 2 is 1.84 bits per heavy atom. The third-order valence-corrected chi connectivity index (χ3v) is 9.58. The lowest BCUT2D eigenvalue weighted by Gasteiger charge is -2.34. The molecule has 5 aliphatic rings. The van der Waals surface area contributed by atoms with Crippen molar-refractivity contribution >= 4 is 39.3 Å². The van der Waals surface area contributed by atoms with Crippen molar-refractivity contribution in [2.45, 2.75) is 88.0 Å². The van der Waals surface area contributed by atoms with Crippen LogP contribution in [0.3, 0.4) is 0 Å². The summed E-state index contributed by atoms with van der Waals surface area (Å²) in [4.78, 5) is 43.3. The normalized spacial score (nSPS) is 32.3. The van der Waals surface area contributed by atoms with Gasteiger partial charge < -0.3 is 20.3 Å². The maximum atomic E-state index is 14.1. The van der Waals surface area contributed by atoms with E-state index in [1.807, 2.05) is 36.4 Å². The van der Waals surface area contributed by atoms with Crippen LogP contribution in [0, 0.1) is 11.8 Å². The topological polar surface area (TPSA) is 87.7 Å². The van der Waals surface area contributed by atoms with Gasteiger partial charge in [0.05, 0.1) is 17.9 Å². The van der Waals surface area contributed by atoms with Gasteiger partial charge in [0.2, 0.25) is 17.7 Å². The molecule has 38 heavy (non-hydrogen) atoms. The van der Waals surface area contributed by atoms with E-state index in [4.69, 9.17) is 4.74 Å². The SMILES string of the molecule is O=C(Nc1ccc(Br)cc1)[C@@H]1[C@@H]2C=C[C@]3(O2)[C@@H]1C(=O)N(CCC1=CCCCC1)[C@@H]3C(=O)NC1CCCCC1. The van der Waals surface area contributed by atoms with Crippen LogP contribution >= 0.6 is 15.9 Å². The van der Waals surface area contributed by atoms with Crippen LogP contribution in [0.5, 0.6) is 0 Å². The molecule has 2 bridgehead atoms. The van der Waals surface area contributed by atoms with Crippen LogP contribution in [0.1, 0.15) is 64.2 Å². The standard InChI is InChI=1S/C30H36BrN3O4/c31-20-11-13-22(14-12-20)32-27(35)24-23-15-17-30(38-23)25(24)29(37)34(18-16-19-7-3-1-4-8-19)26(30)28(36)33-21-9-5-2-6-10-21/h7,11-15,17,21,23-26H,1-6,8-10,16,18H2,(H,32,35)(H,33,36)/t23-,24+,25-,26+,30-/m0/s1. The van der Waals surface area contributed by atoms with Gasteiger partial charge in [-0.15, -0.1) is 0 Å². The van der Waals surface area contributed by atoms with Crippen molar-refractivity contribution in [3.8, 4) is 0 Å². The zero-order chi connectivity index (χ0) is 26.3. The number of amides is 3. The molecule has 7 nitrogen and oxygen atoms in total. The van der Waals surface area contributed by atoms with Crippen LogP contribution in [0.15, 0.2) is 52.5 Å². The molecule has 0 aromatic heterocycles. The average Bonchev–Trinajstić information content (AvgIpc) is 3.57. The molecule has 1 spiro atoms. The van der Waals surface area contributed by atoms with Gasteiger partial charge >= 0.3 is 0 Å². The summed E-state index contributed by atoms with van der Waals surface area (Å²) in [5.74, 6) is -1.93. The second-order valence-electron chi connectivity index (χ2n) is 11.4. The van der Waals surface area contributed by atoms with Crippen LogP contribution in [0.4, 0.5) is 5.69 Å². The van der Waals surface area contributed by atoms with Crippen molar-refractivity contribution in [1.82, 2.24) is 10.2 Å². The first-order valence-corrected chi connectivity index (χ1v) is 15.0. The number of fused-ring (bicyclic) bond motifs is 1. The summed E-state index contributed by atoms with van der Waals surface area (Å²) < 4.78 is 7.39. The van der Waals surface area contributed by atoms with Crippen LogP contribution in [-0.2, 0) is 19.1 Å². The molecule has 0 unspecified atom stereocenters. The predicted molar refractivity (Wildman–Crippen MR) is 148 cm³/mol. The van der Waals surface area contributed by atoms with Gasteiger partial charge in [0.15, 0.2) is 0 Å². The van der Waals surface area contributed by atoms with E-state index < -0.39 is 29.6 Å². The number of nitrogens with zero attached hydrogens (tertiary/aromatic N) is 1. The molecule has 8 heteroatoms. The first-order chi connectivity index (χ1) is 18.5. The monoisotopic (exact) mass is 581 g/mol. The average molecular weight is 583 g/mol.